The number of para-hydroxylation sites is 1. The molecule has 0 heterocycles. The van der Waals surface area contributed by atoms with E-state index < -0.39 is 10.8 Å². The molecule has 5 nitrogen and oxygen atoms in total. The van der Waals surface area contributed by atoms with Crippen molar-refractivity contribution >= 4 is 23.2 Å². The van der Waals surface area contributed by atoms with E-state index in [0.29, 0.717) is 18.0 Å². The number of nitro benzene ring substituents is 1. The Kier molecular flexibility index (Phi) is 6.15. The number of benzene rings is 1. The number of nitrogens with one attached hydrogen (secondary N) is 1. The van der Waals surface area contributed by atoms with E-state index in [4.69, 9.17) is 11.6 Å². The molecule has 6 heteroatoms. The molecule has 0 saturated heterocycles. The Morgan fingerprint density at radius 3 is 2.48 bits per heavy atom. The first-order chi connectivity index (χ1) is 9.90. The normalized spacial score (nSPS) is 11.2. The van der Waals surface area contributed by atoms with E-state index >= 15 is 0 Å². The van der Waals surface area contributed by atoms with Crippen molar-refractivity contribution in [1.82, 2.24) is 5.32 Å². The summed E-state index contributed by atoms with van der Waals surface area (Å²) in [7, 11) is 0. The summed E-state index contributed by atoms with van der Waals surface area (Å²) in [5.74, 6) is 0.0118. The van der Waals surface area contributed by atoms with Crippen LogP contribution in [0.3, 0.4) is 0 Å². The molecule has 0 fully saturated rings. The maximum atomic E-state index is 12.3. The van der Waals surface area contributed by atoms with Crippen LogP contribution in [-0.4, -0.2) is 23.3 Å². The molecule has 0 unspecified atom stereocenters. The predicted molar refractivity (Wildman–Crippen MR) is 83.9 cm³/mol. The molecule has 0 spiro atoms. The van der Waals surface area contributed by atoms with Crippen molar-refractivity contribution in [2.24, 2.45) is 5.41 Å². The molecule has 0 aliphatic heterocycles. The smallest absolute Gasteiger partial charge is 0.285 e. The standard InChI is InChI=1S/C15H21ClN2O3/c1-4-15(5-2,9-16)10-17-14(19)12-8-6-7-11(3)13(12)18(20)21/h6-8H,4-5,9-10H2,1-3H3,(H,17,19). The van der Waals surface area contributed by atoms with Gasteiger partial charge >= 0.3 is 0 Å². The van der Waals surface area contributed by atoms with Gasteiger partial charge in [0.2, 0.25) is 0 Å². The molecule has 21 heavy (non-hydrogen) atoms. The number of amides is 1. The fraction of sp³-hybridized carbons (Fsp3) is 0.533. The molecule has 1 aromatic carbocycles. The third-order valence-electron chi connectivity index (χ3n) is 4.07. The Morgan fingerprint density at radius 1 is 1.38 bits per heavy atom. The molecule has 116 valence electrons. The molecule has 0 radical (unpaired) electrons. The van der Waals surface area contributed by atoms with Crippen LogP contribution in [0, 0.1) is 22.5 Å². The zero-order chi connectivity index (χ0) is 16.0. The van der Waals surface area contributed by atoms with Crippen LogP contribution in [0.15, 0.2) is 18.2 Å². The second kappa shape index (κ2) is 7.41. The minimum atomic E-state index is -0.515. The Bertz CT molecular complexity index is 519. The molecule has 0 bridgehead atoms. The zero-order valence-corrected chi connectivity index (χ0v) is 13.4. The van der Waals surface area contributed by atoms with Gasteiger partial charge in [0.05, 0.1) is 4.92 Å². The van der Waals surface area contributed by atoms with Gasteiger partial charge in [-0.3, -0.25) is 14.9 Å². The summed E-state index contributed by atoms with van der Waals surface area (Å²) in [6.07, 6.45) is 1.67. The number of nitrogens with zero attached hydrogens (tertiary/aromatic N) is 1. The van der Waals surface area contributed by atoms with Gasteiger partial charge in [0.25, 0.3) is 11.6 Å². The summed E-state index contributed by atoms with van der Waals surface area (Å²) < 4.78 is 0. The number of hydrogen-bond donors (Lipinski definition) is 1. The molecule has 0 saturated carbocycles. The highest BCUT2D eigenvalue weighted by Crippen LogP contribution is 2.28. The van der Waals surface area contributed by atoms with E-state index in [-0.39, 0.29) is 16.7 Å². The molecule has 0 atom stereocenters. The summed E-state index contributed by atoms with van der Waals surface area (Å²) in [4.78, 5) is 22.9. The number of nitro groups is 1. The SMILES string of the molecule is CCC(CC)(CCl)CNC(=O)c1cccc(C)c1[N+](=O)[O-]. The minimum absolute atomic E-state index is 0.0932. The Hall–Kier alpha value is -1.62. The quantitative estimate of drug-likeness (QED) is 0.474. The molecule has 0 aliphatic rings. The van der Waals surface area contributed by atoms with Crippen LogP contribution in [0.5, 0.6) is 0 Å². The van der Waals surface area contributed by atoms with Crippen LogP contribution in [0.4, 0.5) is 5.69 Å². The molecule has 0 aliphatic carbocycles. The fourth-order valence-corrected chi connectivity index (χ4v) is 2.66. The van der Waals surface area contributed by atoms with Gasteiger partial charge in [-0.25, -0.2) is 0 Å². The summed E-state index contributed by atoms with van der Waals surface area (Å²) in [5.41, 5.74) is 0.257. The van der Waals surface area contributed by atoms with Crippen LogP contribution >= 0.6 is 11.6 Å². The van der Waals surface area contributed by atoms with Crippen molar-refractivity contribution in [2.75, 3.05) is 12.4 Å². The van der Waals surface area contributed by atoms with E-state index in [1.54, 1.807) is 19.1 Å². The second-order valence-corrected chi connectivity index (χ2v) is 5.52. The lowest BCUT2D eigenvalue weighted by Gasteiger charge is -2.29. The lowest BCUT2D eigenvalue weighted by atomic mass is 9.84. The van der Waals surface area contributed by atoms with Gasteiger partial charge in [0.15, 0.2) is 0 Å². The topological polar surface area (TPSA) is 72.2 Å². The molecule has 0 aromatic heterocycles. The number of halogens is 1. The zero-order valence-electron chi connectivity index (χ0n) is 12.6. The molecule has 1 N–H and O–H groups in total. The number of alkyl halides is 1. The highest BCUT2D eigenvalue weighted by atomic mass is 35.5. The summed E-state index contributed by atoms with van der Waals surface area (Å²) >= 11 is 6.00. The van der Waals surface area contributed by atoms with E-state index in [1.165, 1.54) is 6.07 Å². The summed E-state index contributed by atoms with van der Waals surface area (Å²) in [6, 6.07) is 4.74. The van der Waals surface area contributed by atoms with Gasteiger partial charge in [-0.1, -0.05) is 26.0 Å². The largest absolute Gasteiger partial charge is 0.351 e. The minimum Gasteiger partial charge on any atom is -0.351 e. The van der Waals surface area contributed by atoms with Crippen molar-refractivity contribution in [3.8, 4) is 0 Å². The van der Waals surface area contributed by atoms with Crippen molar-refractivity contribution in [3.63, 3.8) is 0 Å². The lowest BCUT2D eigenvalue weighted by Crippen LogP contribution is -2.38. The predicted octanol–water partition coefficient (Wildman–Crippen LogP) is 3.68. The van der Waals surface area contributed by atoms with Gasteiger partial charge in [0, 0.05) is 23.4 Å². The Labute approximate surface area is 129 Å². The Morgan fingerprint density at radius 2 is 2.00 bits per heavy atom. The average molecular weight is 313 g/mol. The maximum Gasteiger partial charge on any atom is 0.285 e. The molecule has 1 rings (SSSR count). The number of aryl methyl sites for hydroxylation is 1. The number of hydrogen-bond acceptors (Lipinski definition) is 3. The van der Waals surface area contributed by atoms with E-state index in [1.807, 2.05) is 13.8 Å². The monoisotopic (exact) mass is 312 g/mol. The fourth-order valence-electron chi connectivity index (χ4n) is 2.18. The van der Waals surface area contributed by atoms with Gasteiger partial charge in [-0.05, 0) is 25.8 Å². The first-order valence-electron chi connectivity index (χ1n) is 6.99. The van der Waals surface area contributed by atoms with Gasteiger partial charge < -0.3 is 5.32 Å². The van der Waals surface area contributed by atoms with Crippen molar-refractivity contribution in [2.45, 2.75) is 33.6 Å². The second-order valence-electron chi connectivity index (χ2n) is 5.25. The van der Waals surface area contributed by atoms with Crippen molar-refractivity contribution < 1.29 is 9.72 Å². The first-order valence-corrected chi connectivity index (χ1v) is 7.52. The van der Waals surface area contributed by atoms with Crippen LogP contribution in [0.1, 0.15) is 42.6 Å². The van der Waals surface area contributed by atoms with E-state index in [9.17, 15) is 14.9 Å². The van der Waals surface area contributed by atoms with Crippen LogP contribution in [0.2, 0.25) is 0 Å². The third-order valence-corrected chi connectivity index (χ3v) is 4.64. The Balaban J connectivity index is 2.96. The first kappa shape index (κ1) is 17.4. The third kappa shape index (κ3) is 3.94. The summed E-state index contributed by atoms with van der Waals surface area (Å²) in [5, 5.41) is 13.9. The van der Waals surface area contributed by atoms with Crippen LogP contribution < -0.4 is 5.32 Å². The number of rotatable bonds is 7. The van der Waals surface area contributed by atoms with Crippen LogP contribution in [0.25, 0.3) is 0 Å². The number of carbonyl (C=O) groups excluding carboxylic acids is 1. The highest BCUT2D eigenvalue weighted by Gasteiger charge is 2.28. The average Bonchev–Trinajstić information content (AvgIpc) is 2.48. The lowest BCUT2D eigenvalue weighted by molar-refractivity contribution is -0.385. The van der Waals surface area contributed by atoms with Gasteiger partial charge in [0.1, 0.15) is 5.56 Å². The van der Waals surface area contributed by atoms with Crippen molar-refractivity contribution in [3.05, 3.63) is 39.4 Å². The van der Waals surface area contributed by atoms with E-state index in [0.717, 1.165) is 12.8 Å². The molecular weight excluding hydrogens is 292 g/mol. The maximum absolute atomic E-state index is 12.3. The number of carbonyl (C=O) groups is 1. The molecule has 1 aromatic rings. The van der Waals surface area contributed by atoms with Crippen molar-refractivity contribution in [1.29, 1.82) is 0 Å². The molecule has 1 amide bonds. The van der Waals surface area contributed by atoms with Crippen LogP contribution in [-0.2, 0) is 0 Å². The summed E-state index contributed by atoms with van der Waals surface area (Å²) in [6.45, 7) is 6.07. The van der Waals surface area contributed by atoms with Gasteiger partial charge in [-0.15, -0.1) is 11.6 Å². The van der Waals surface area contributed by atoms with E-state index in [2.05, 4.69) is 5.32 Å². The van der Waals surface area contributed by atoms with Gasteiger partial charge in [-0.2, -0.15) is 0 Å². The molecular formula is C15H21ClN2O3. The highest BCUT2D eigenvalue weighted by molar-refractivity contribution is 6.18.